The zero-order valence-corrected chi connectivity index (χ0v) is 11.1. The van der Waals surface area contributed by atoms with Gasteiger partial charge in [-0.1, -0.05) is 11.6 Å². The van der Waals surface area contributed by atoms with E-state index in [0.29, 0.717) is 6.04 Å². The number of rotatable bonds is 3. The fourth-order valence-electron chi connectivity index (χ4n) is 2.46. The first-order valence-corrected chi connectivity index (χ1v) is 6.35. The number of hydrogen-bond donors (Lipinski definition) is 2. The minimum absolute atomic E-state index is 0.271. The molecule has 1 aliphatic rings. The largest absolute Gasteiger partial charge is 0.397 e. The smallest absolute Gasteiger partial charge is 0.0772 e. The van der Waals surface area contributed by atoms with Crippen molar-refractivity contribution in [2.24, 2.45) is 0 Å². The zero-order chi connectivity index (χ0) is 12.4. The van der Waals surface area contributed by atoms with Crippen molar-refractivity contribution in [2.45, 2.75) is 38.3 Å². The van der Waals surface area contributed by atoms with Crippen LogP contribution in [0.25, 0.3) is 0 Å². The van der Waals surface area contributed by atoms with Crippen molar-refractivity contribution >= 4 is 23.0 Å². The third-order valence-electron chi connectivity index (χ3n) is 3.52. The molecule has 1 fully saturated rings. The van der Waals surface area contributed by atoms with Crippen molar-refractivity contribution < 1.29 is 4.74 Å². The highest BCUT2D eigenvalue weighted by Crippen LogP contribution is 2.33. The molecule has 0 amide bonds. The van der Waals surface area contributed by atoms with Crippen LogP contribution in [-0.4, -0.2) is 19.3 Å². The summed E-state index contributed by atoms with van der Waals surface area (Å²) < 4.78 is 5.47. The third-order valence-corrected chi connectivity index (χ3v) is 3.93. The molecular formula is C13H19ClN2O. The van der Waals surface area contributed by atoms with Crippen molar-refractivity contribution in [2.75, 3.05) is 18.2 Å². The molecule has 4 heteroatoms. The maximum Gasteiger partial charge on any atom is 0.0772 e. The number of nitrogens with two attached hydrogens (primary N) is 1. The molecule has 0 saturated heterocycles. The Hall–Kier alpha value is -0.930. The van der Waals surface area contributed by atoms with Crippen LogP contribution in [0.4, 0.5) is 11.4 Å². The van der Waals surface area contributed by atoms with E-state index in [1.54, 1.807) is 7.11 Å². The van der Waals surface area contributed by atoms with E-state index in [0.717, 1.165) is 34.8 Å². The number of methoxy groups -OCH3 is 1. The first kappa shape index (κ1) is 12.5. The quantitative estimate of drug-likeness (QED) is 0.815. The lowest BCUT2D eigenvalue weighted by molar-refractivity contribution is 0.101. The maximum absolute atomic E-state index is 6.11. The molecule has 2 unspecified atom stereocenters. The van der Waals surface area contributed by atoms with Crippen molar-refractivity contribution in [1.29, 1.82) is 0 Å². The van der Waals surface area contributed by atoms with Crippen molar-refractivity contribution in [3.8, 4) is 0 Å². The van der Waals surface area contributed by atoms with Crippen LogP contribution in [0.2, 0.25) is 5.02 Å². The maximum atomic E-state index is 6.11. The zero-order valence-electron chi connectivity index (χ0n) is 10.3. The molecule has 0 aliphatic heterocycles. The average molecular weight is 255 g/mol. The minimum Gasteiger partial charge on any atom is -0.397 e. The molecule has 2 rings (SSSR count). The van der Waals surface area contributed by atoms with Gasteiger partial charge in [-0.25, -0.2) is 0 Å². The molecule has 17 heavy (non-hydrogen) atoms. The van der Waals surface area contributed by atoms with Gasteiger partial charge in [-0.15, -0.1) is 0 Å². The van der Waals surface area contributed by atoms with E-state index in [1.807, 2.05) is 19.1 Å². The molecule has 1 aromatic rings. The molecule has 3 N–H and O–H groups in total. The summed E-state index contributed by atoms with van der Waals surface area (Å²) in [7, 11) is 1.76. The van der Waals surface area contributed by atoms with Gasteiger partial charge in [0.05, 0.1) is 23.5 Å². The number of nitrogen functional groups attached to an aromatic ring is 1. The van der Waals surface area contributed by atoms with Gasteiger partial charge in [0.25, 0.3) is 0 Å². The standard InChI is InChI=1S/C13H19ClN2O/c1-8-9(14)6-7-10(15)13(8)16-11-4-3-5-12(11)17-2/h6-7,11-12,16H,3-5,15H2,1-2H3. The summed E-state index contributed by atoms with van der Waals surface area (Å²) in [6, 6.07) is 4.01. The van der Waals surface area contributed by atoms with Gasteiger partial charge in [-0.2, -0.15) is 0 Å². The molecule has 0 radical (unpaired) electrons. The molecule has 0 heterocycles. The number of ether oxygens (including phenoxy) is 1. The van der Waals surface area contributed by atoms with Crippen LogP contribution in [0.1, 0.15) is 24.8 Å². The van der Waals surface area contributed by atoms with Gasteiger partial charge in [-0.05, 0) is 43.9 Å². The second-order valence-corrected chi connectivity index (χ2v) is 5.00. The fraction of sp³-hybridized carbons (Fsp3) is 0.538. The minimum atomic E-state index is 0.271. The van der Waals surface area contributed by atoms with E-state index in [-0.39, 0.29) is 6.10 Å². The Morgan fingerprint density at radius 1 is 1.41 bits per heavy atom. The predicted octanol–water partition coefficient (Wildman–Crippen LogP) is 3.21. The van der Waals surface area contributed by atoms with Crippen LogP contribution < -0.4 is 11.1 Å². The number of benzene rings is 1. The highest BCUT2D eigenvalue weighted by atomic mass is 35.5. The Balaban J connectivity index is 2.21. The average Bonchev–Trinajstić information content (AvgIpc) is 2.77. The van der Waals surface area contributed by atoms with E-state index in [4.69, 9.17) is 22.1 Å². The molecule has 94 valence electrons. The summed E-state index contributed by atoms with van der Waals surface area (Å²) >= 11 is 6.11. The van der Waals surface area contributed by atoms with Crippen molar-refractivity contribution in [3.63, 3.8) is 0 Å². The number of halogens is 1. The van der Waals surface area contributed by atoms with E-state index in [1.165, 1.54) is 6.42 Å². The molecule has 0 aromatic heterocycles. The lowest BCUT2D eigenvalue weighted by atomic mass is 10.1. The summed E-state index contributed by atoms with van der Waals surface area (Å²) in [4.78, 5) is 0. The Kier molecular flexibility index (Phi) is 3.79. The highest BCUT2D eigenvalue weighted by Gasteiger charge is 2.27. The van der Waals surface area contributed by atoms with Gasteiger partial charge in [0.15, 0.2) is 0 Å². The Morgan fingerprint density at radius 3 is 2.88 bits per heavy atom. The lowest BCUT2D eigenvalue weighted by Crippen LogP contribution is -2.30. The Bertz CT molecular complexity index is 409. The summed E-state index contributed by atoms with van der Waals surface area (Å²) in [5, 5.41) is 4.23. The van der Waals surface area contributed by atoms with Gasteiger partial charge in [0, 0.05) is 12.1 Å². The molecule has 2 atom stereocenters. The number of hydrogen-bond acceptors (Lipinski definition) is 3. The summed E-state index contributed by atoms with van der Waals surface area (Å²) in [5.74, 6) is 0. The van der Waals surface area contributed by atoms with Gasteiger partial charge in [-0.3, -0.25) is 0 Å². The second kappa shape index (κ2) is 5.15. The molecule has 1 aliphatic carbocycles. The molecule has 0 bridgehead atoms. The van der Waals surface area contributed by atoms with Crippen LogP contribution in [0.3, 0.4) is 0 Å². The van der Waals surface area contributed by atoms with Crippen LogP contribution in [0, 0.1) is 6.92 Å². The van der Waals surface area contributed by atoms with Crippen LogP contribution in [0.15, 0.2) is 12.1 Å². The number of anilines is 2. The predicted molar refractivity (Wildman–Crippen MR) is 72.7 cm³/mol. The van der Waals surface area contributed by atoms with E-state index < -0.39 is 0 Å². The lowest BCUT2D eigenvalue weighted by Gasteiger charge is -2.23. The molecule has 3 nitrogen and oxygen atoms in total. The summed E-state index contributed by atoms with van der Waals surface area (Å²) in [6.07, 6.45) is 3.68. The van der Waals surface area contributed by atoms with E-state index in [2.05, 4.69) is 5.32 Å². The molecule has 0 spiro atoms. The third kappa shape index (κ3) is 2.50. The van der Waals surface area contributed by atoms with Gasteiger partial charge in [0.2, 0.25) is 0 Å². The molecule has 1 saturated carbocycles. The molecular weight excluding hydrogens is 236 g/mol. The second-order valence-electron chi connectivity index (χ2n) is 4.59. The molecule has 1 aromatic carbocycles. The van der Waals surface area contributed by atoms with Crippen LogP contribution in [0.5, 0.6) is 0 Å². The van der Waals surface area contributed by atoms with Gasteiger partial charge in [0.1, 0.15) is 0 Å². The van der Waals surface area contributed by atoms with Gasteiger partial charge >= 0.3 is 0 Å². The monoisotopic (exact) mass is 254 g/mol. The van der Waals surface area contributed by atoms with E-state index >= 15 is 0 Å². The fourth-order valence-corrected chi connectivity index (χ4v) is 2.61. The summed E-state index contributed by atoms with van der Waals surface area (Å²) in [5.41, 5.74) is 8.70. The normalized spacial score (nSPS) is 23.9. The van der Waals surface area contributed by atoms with Crippen LogP contribution in [-0.2, 0) is 4.74 Å². The first-order valence-electron chi connectivity index (χ1n) is 5.97. The van der Waals surface area contributed by atoms with Gasteiger partial charge < -0.3 is 15.8 Å². The summed E-state index contributed by atoms with van der Waals surface area (Å²) in [6.45, 7) is 1.98. The van der Waals surface area contributed by atoms with Crippen LogP contribution >= 0.6 is 11.6 Å². The Labute approximate surface area is 107 Å². The number of nitrogens with one attached hydrogen (secondary N) is 1. The van der Waals surface area contributed by atoms with Crippen molar-refractivity contribution in [3.05, 3.63) is 22.7 Å². The SMILES string of the molecule is COC1CCCC1Nc1c(N)ccc(Cl)c1C. The first-order chi connectivity index (χ1) is 8.13. The topological polar surface area (TPSA) is 47.3 Å². The Morgan fingerprint density at radius 2 is 2.18 bits per heavy atom. The van der Waals surface area contributed by atoms with Crippen molar-refractivity contribution in [1.82, 2.24) is 0 Å². The highest BCUT2D eigenvalue weighted by molar-refractivity contribution is 6.31. The van der Waals surface area contributed by atoms with E-state index in [9.17, 15) is 0 Å².